The molecule has 23 heavy (non-hydrogen) atoms. The quantitative estimate of drug-likeness (QED) is 0.800. The molecule has 0 unspecified atom stereocenters. The molecule has 3 rings (SSSR count). The summed E-state index contributed by atoms with van der Waals surface area (Å²) < 4.78 is 5.72. The fraction of sp³-hybridized carbons (Fsp3) is 0.526. The lowest BCUT2D eigenvalue weighted by atomic mass is 10.2. The lowest BCUT2D eigenvalue weighted by molar-refractivity contribution is -0.125. The van der Waals surface area contributed by atoms with Crippen LogP contribution in [0.3, 0.4) is 0 Å². The molecule has 0 saturated carbocycles. The summed E-state index contributed by atoms with van der Waals surface area (Å²) in [6.45, 7) is 5.59. The summed E-state index contributed by atoms with van der Waals surface area (Å²) in [5, 5.41) is 0. The van der Waals surface area contributed by atoms with Gasteiger partial charge in [0, 0.05) is 38.9 Å². The van der Waals surface area contributed by atoms with Gasteiger partial charge in [-0.1, -0.05) is 30.3 Å². The minimum Gasteiger partial charge on any atom is -0.377 e. The van der Waals surface area contributed by atoms with Crippen LogP contribution in [0, 0.1) is 0 Å². The molecule has 2 saturated heterocycles. The van der Waals surface area contributed by atoms with Crippen LogP contribution in [0.5, 0.6) is 0 Å². The highest BCUT2D eigenvalue weighted by molar-refractivity contribution is 5.91. The number of benzene rings is 1. The summed E-state index contributed by atoms with van der Waals surface area (Å²) in [5.74, 6) is 0.118. The van der Waals surface area contributed by atoms with Gasteiger partial charge in [-0.05, 0) is 37.4 Å². The highest BCUT2D eigenvalue weighted by Crippen LogP contribution is 2.15. The standard InChI is InChI=1S/C19H26N2O2/c22-19(10-9-17-6-2-1-3-7-17)21-12-5-11-20(13-14-21)16-18-8-4-15-23-18/h1-3,6-7,9-10,18H,4-5,8,11-16H2/b10-9+/t18-/m0/s1. The van der Waals surface area contributed by atoms with Crippen molar-refractivity contribution in [2.24, 2.45) is 0 Å². The van der Waals surface area contributed by atoms with E-state index in [2.05, 4.69) is 4.90 Å². The molecule has 0 N–H and O–H groups in total. The van der Waals surface area contributed by atoms with Crippen molar-refractivity contribution in [2.45, 2.75) is 25.4 Å². The topological polar surface area (TPSA) is 32.8 Å². The monoisotopic (exact) mass is 314 g/mol. The zero-order chi connectivity index (χ0) is 15.9. The molecule has 124 valence electrons. The molecule has 1 aromatic carbocycles. The second-order valence-corrected chi connectivity index (χ2v) is 6.36. The van der Waals surface area contributed by atoms with Gasteiger partial charge in [-0.15, -0.1) is 0 Å². The van der Waals surface area contributed by atoms with Gasteiger partial charge >= 0.3 is 0 Å². The van der Waals surface area contributed by atoms with Crippen molar-refractivity contribution >= 4 is 12.0 Å². The van der Waals surface area contributed by atoms with Crippen LogP contribution in [0.4, 0.5) is 0 Å². The Morgan fingerprint density at radius 3 is 2.78 bits per heavy atom. The van der Waals surface area contributed by atoms with E-state index in [0.717, 1.165) is 51.3 Å². The van der Waals surface area contributed by atoms with E-state index >= 15 is 0 Å². The van der Waals surface area contributed by atoms with Crippen molar-refractivity contribution in [1.29, 1.82) is 0 Å². The fourth-order valence-electron chi connectivity index (χ4n) is 3.29. The van der Waals surface area contributed by atoms with Crippen molar-refractivity contribution in [3.63, 3.8) is 0 Å². The maximum atomic E-state index is 12.4. The van der Waals surface area contributed by atoms with Crippen LogP contribution in [-0.4, -0.2) is 61.1 Å². The van der Waals surface area contributed by atoms with E-state index in [0.29, 0.717) is 6.10 Å². The Hall–Kier alpha value is -1.65. The van der Waals surface area contributed by atoms with Crippen molar-refractivity contribution in [3.05, 3.63) is 42.0 Å². The van der Waals surface area contributed by atoms with E-state index in [1.807, 2.05) is 41.3 Å². The molecular formula is C19H26N2O2. The van der Waals surface area contributed by atoms with Gasteiger partial charge in [-0.2, -0.15) is 0 Å². The minimum absolute atomic E-state index is 0.118. The molecule has 1 atom stereocenters. The molecule has 0 aromatic heterocycles. The number of hydrogen-bond donors (Lipinski definition) is 0. The van der Waals surface area contributed by atoms with Crippen LogP contribution >= 0.6 is 0 Å². The summed E-state index contributed by atoms with van der Waals surface area (Å²) >= 11 is 0. The van der Waals surface area contributed by atoms with E-state index in [9.17, 15) is 4.79 Å². The number of nitrogens with zero attached hydrogens (tertiary/aromatic N) is 2. The van der Waals surface area contributed by atoms with Crippen LogP contribution < -0.4 is 0 Å². The number of carbonyl (C=O) groups excluding carboxylic acids is 1. The second kappa shape index (κ2) is 8.27. The van der Waals surface area contributed by atoms with Crippen LogP contribution in [-0.2, 0) is 9.53 Å². The molecule has 0 aliphatic carbocycles. The first kappa shape index (κ1) is 16.2. The van der Waals surface area contributed by atoms with Crippen molar-refractivity contribution < 1.29 is 9.53 Å². The van der Waals surface area contributed by atoms with Crippen molar-refractivity contribution in [3.8, 4) is 0 Å². The molecule has 2 fully saturated rings. The second-order valence-electron chi connectivity index (χ2n) is 6.36. The SMILES string of the molecule is O=C(/C=C/c1ccccc1)N1CCCN(C[C@@H]2CCCO2)CC1. The molecule has 4 nitrogen and oxygen atoms in total. The van der Waals surface area contributed by atoms with Crippen LogP contribution in [0.2, 0.25) is 0 Å². The first-order chi connectivity index (χ1) is 11.3. The Bertz CT molecular complexity index is 523. The fourth-order valence-corrected chi connectivity index (χ4v) is 3.29. The zero-order valence-corrected chi connectivity index (χ0v) is 13.7. The molecule has 2 aliphatic heterocycles. The Morgan fingerprint density at radius 1 is 1.13 bits per heavy atom. The molecule has 0 bridgehead atoms. The number of hydrogen-bond acceptors (Lipinski definition) is 3. The van der Waals surface area contributed by atoms with Crippen LogP contribution in [0.15, 0.2) is 36.4 Å². The molecule has 0 spiro atoms. The molecule has 2 heterocycles. The van der Waals surface area contributed by atoms with E-state index in [4.69, 9.17) is 4.74 Å². The Morgan fingerprint density at radius 2 is 2.00 bits per heavy atom. The third-order valence-corrected chi connectivity index (χ3v) is 4.60. The van der Waals surface area contributed by atoms with Crippen molar-refractivity contribution in [1.82, 2.24) is 9.80 Å². The van der Waals surface area contributed by atoms with E-state index in [1.54, 1.807) is 6.08 Å². The van der Waals surface area contributed by atoms with Crippen molar-refractivity contribution in [2.75, 3.05) is 39.3 Å². The first-order valence-electron chi connectivity index (χ1n) is 8.67. The van der Waals surface area contributed by atoms with E-state index in [1.165, 1.54) is 12.8 Å². The molecule has 1 amide bonds. The molecule has 4 heteroatoms. The Labute approximate surface area is 138 Å². The Balaban J connectivity index is 1.49. The number of amides is 1. The van der Waals surface area contributed by atoms with Crippen LogP contribution in [0.25, 0.3) is 6.08 Å². The highest BCUT2D eigenvalue weighted by Gasteiger charge is 2.22. The van der Waals surface area contributed by atoms with Gasteiger partial charge in [0.1, 0.15) is 0 Å². The minimum atomic E-state index is 0.118. The molecule has 0 radical (unpaired) electrons. The normalized spacial score (nSPS) is 23.3. The van der Waals surface area contributed by atoms with Gasteiger partial charge in [0.05, 0.1) is 6.10 Å². The average molecular weight is 314 g/mol. The lowest BCUT2D eigenvalue weighted by Gasteiger charge is -2.23. The molecular weight excluding hydrogens is 288 g/mol. The first-order valence-corrected chi connectivity index (χ1v) is 8.67. The summed E-state index contributed by atoms with van der Waals surface area (Å²) in [4.78, 5) is 16.8. The van der Waals surface area contributed by atoms with Gasteiger partial charge in [-0.3, -0.25) is 9.69 Å². The number of rotatable bonds is 4. The maximum absolute atomic E-state index is 12.4. The highest BCUT2D eigenvalue weighted by atomic mass is 16.5. The average Bonchev–Trinajstić information content (AvgIpc) is 2.98. The zero-order valence-electron chi connectivity index (χ0n) is 13.7. The van der Waals surface area contributed by atoms with Gasteiger partial charge in [0.25, 0.3) is 0 Å². The van der Waals surface area contributed by atoms with Gasteiger partial charge in [0.15, 0.2) is 0 Å². The van der Waals surface area contributed by atoms with Gasteiger partial charge in [0.2, 0.25) is 5.91 Å². The lowest BCUT2D eigenvalue weighted by Crippen LogP contribution is -2.37. The molecule has 1 aromatic rings. The summed E-state index contributed by atoms with van der Waals surface area (Å²) in [6, 6.07) is 9.97. The summed E-state index contributed by atoms with van der Waals surface area (Å²) in [6.07, 6.45) is 7.40. The smallest absolute Gasteiger partial charge is 0.246 e. The van der Waals surface area contributed by atoms with E-state index < -0.39 is 0 Å². The Kier molecular flexibility index (Phi) is 5.83. The number of carbonyl (C=O) groups is 1. The third-order valence-electron chi connectivity index (χ3n) is 4.60. The summed E-state index contributed by atoms with van der Waals surface area (Å²) in [7, 11) is 0. The largest absolute Gasteiger partial charge is 0.377 e. The van der Waals surface area contributed by atoms with Gasteiger partial charge in [-0.25, -0.2) is 0 Å². The van der Waals surface area contributed by atoms with Crippen LogP contribution in [0.1, 0.15) is 24.8 Å². The summed E-state index contributed by atoms with van der Waals surface area (Å²) in [5.41, 5.74) is 1.07. The number of ether oxygens (including phenoxy) is 1. The third kappa shape index (κ3) is 4.91. The maximum Gasteiger partial charge on any atom is 0.246 e. The molecule has 2 aliphatic rings. The predicted molar refractivity (Wildman–Crippen MR) is 92.1 cm³/mol. The van der Waals surface area contributed by atoms with E-state index in [-0.39, 0.29) is 5.91 Å². The van der Waals surface area contributed by atoms with Gasteiger partial charge < -0.3 is 9.64 Å². The predicted octanol–water partition coefficient (Wildman–Crippen LogP) is 2.41.